The predicted octanol–water partition coefficient (Wildman–Crippen LogP) is 2.03. The van der Waals surface area contributed by atoms with Gasteiger partial charge in [-0.05, 0) is 31.0 Å². The zero-order chi connectivity index (χ0) is 11.4. The zero-order valence-corrected chi connectivity index (χ0v) is 9.38. The molecule has 0 heterocycles. The Hall–Kier alpha value is -1.71. The third-order valence-corrected chi connectivity index (χ3v) is 2.00. The van der Waals surface area contributed by atoms with Crippen molar-refractivity contribution in [3.05, 3.63) is 23.3 Å². The van der Waals surface area contributed by atoms with Gasteiger partial charge in [-0.3, -0.25) is 0 Å². The van der Waals surface area contributed by atoms with Gasteiger partial charge >= 0.3 is 6.09 Å². The van der Waals surface area contributed by atoms with E-state index in [9.17, 15) is 4.79 Å². The molecular weight excluding hydrogens is 194 g/mol. The Bertz CT molecular complexity index is 374. The Kier molecular flexibility index (Phi) is 3.55. The van der Waals surface area contributed by atoms with Crippen molar-refractivity contribution in [3.63, 3.8) is 0 Å². The highest BCUT2D eigenvalue weighted by Crippen LogP contribution is 2.32. The van der Waals surface area contributed by atoms with Crippen molar-refractivity contribution in [2.75, 3.05) is 14.2 Å². The fourth-order valence-electron chi connectivity index (χ4n) is 1.40. The maximum atomic E-state index is 11.1. The molecule has 0 aliphatic heterocycles. The first-order valence-corrected chi connectivity index (χ1v) is 4.63. The van der Waals surface area contributed by atoms with E-state index in [1.165, 1.54) is 7.05 Å². The molecule has 1 aromatic carbocycles. The maximum Gasteiger partial charge on any atom is 0.412 e. The summed E-state index contributed by atoms with van der Waals surface area (Å²) in [6.07, 6.45) is -0.502. The van der Waals surface area contributed by atoms with Crippen molar-refractivity contribution in [1.29, 1.82) is 0 Å². The van der Waals surface area contributed by atoms with Gasteiger partial charge in [0.15, 0.2) is 11.5 Å². The number of aryl methyl sites for hydroxylation is 2. The van der Waals surface area contributed by atoms with Crippen LogP contribution in [-0.2, 0) is 0 Å². The smallest absolute Gasteiger partial charge is 0.412 e. The topological polar surface area (TPSA) is 47.6 Å². The van der Waals surface area contributed by atoms with E-state index in [0.717, 1.165) is 11.1 Å². The Morgan fingerprint density at radius 3 is 2.53 bits per heavy atom. The molecule has 0 aliphatic carbocycles. The summed E-state index contributed by atoms with van der Waals surface area (Å²) in [7, 11) is 3.06. The number of benzene rings is 1. The Balaban J connectivity index is 3.09. The highest BCUT2D eigenvalue weighted by atomic mass is 16.6. The van der Waals surface area contributed by atoms with Gasteiger partial charge in [0.2, 0.25) is 0 Å². The molecular formula is C11H15NO3. The number of hydrogen-bond donors (Lipinski definition) is 1. The van der Waals surface area contributed by atoms with Crippen LogP contribution in [0, 0.1) is 13.8 Å². The zero-order valence-electron chi connectivity index (χ0n) is 9.38. The normalized spacial score (nSPS) is 9.60. The van der Waals surface area contributed by atoms with Gasteiger partial charge in [-0.1, -0.05) is 6.07 Å². The van der Waals surface area contributed by atoms with Crippen LogP contribution in [0.3, 0.4) is 0 Å². The molecule has 0 bridgehead atoms. The van der Waals surface area contributed by atoms with E-state index in [1.807, 2.05) is 19.9 Å². The monoisotopic (exact) mass is 209 g/mol. The summed E-state index contributed by atoms with van der Waals surface area (Å²) >= 11 is 0. The molecule has 1 rings (SSSR count). The van der Waals surface area contributed by atoms with Crippen LogP contribution < -0.4 is 14.8 Å². The minimum absolute atomic E-state index is 0.439. The van der Waals surface area contributed by atoms with Crippen LogP contribution in [0.25, 0.3) is 0 Å². The van der Waals surface area contributed by atoms with E-state index in [0.29, 0.717) is 11.5 Å². The summed E-state index contributed by atoms with van der Waals surface area (Å²) in [5.74, 6) is 1.03. The van der Waals surface area contributed by atoms with Crippen LogP contribution in [0.2, 0.25) is 0 Å². The lowest BCUT2D eigenvalue weighted by Crippen LogP contribution is -2.22. The molecule has 0 atom stereocenters. The lowest BCUT2D eigenvalue weighted by Gasteiger charge is -2.12. The molecule has 0 aromatic heterocycles. The van der Waals surface area contributed by atoms with Gasteiger partial charge < -0.3 is 14.8 Å². The minimum Gasteiger partial charge on any atom is -0.493 e. The number of methoxy groups -OCH3 is 1. The standard InChI is InChI=1S/C11H15NO3/c1-7-5-8(2)10(14-4)9(6-7)15-11(13)12-3/h5-6H,1-4H3,(H,12,13). The number of rotatable bonds is 2. The van der Waals surface area contributed by atoms with E-state index >= 15 is 0 Å². The van der Waals surface area contributed by atoms with E-state index in [-0.39, 0.29) is 0 Å². The van der Waals surface area contributed by atoms with Gasteiger partial charge in [0.25, 0.3) is 0 Å². The lowest BCUT2D eigenvalue weighted by atomic mass is 10.1. The molecule has 1 aromatic rings. The second-order valence-corrected chi connectivity index (χ2v) is 3.25. The summed E-state index contributed by atoms with van der Waals surface area (Å²) < 4.78 is 10.2. The van der Waals surface area contributed by atoms with Gasteiger partial charge in [0.05, 0.1) is 7.11 Å². The van der Waals surface area contributed by atoms with Gasteiger partial charge in [-0.25, -0.2) is 4.79 Å². The molecule has 1 N–H and O–H groups in total. The number of hydrogen-bond acceptors (Lipinski definition) is 3. The molecule has 0 unspecified atom stereocenters. The molecule has 0 saturated heterocycles. The summed E-state index contributed by atoms with van der Waals surface area (Å²) in [5.41, 5.74) is 1.96. The van der Waals surface area contributed by atoms with Crippen molar-refractivity contribution < 1.29 is 14.3 Å². The largest absolute Gasteiger partial charge is 0.493 e. The quantitative estimate of drug-likeness (QED) is 0.810. The van der Waals surface area contributed by atoms with Crippen LogP contribution in [0.5, 0.6) is 11.5 Å². The summed E-state index contributed by atoms with van der Waals surface area (Å²) in [5, 5.41) is 2.39. The Morgan fingerprint density at radius 2 is 2.00 bits per heavy atom. The minimum atomic E-state index is -0.502. The summed E-state index contributed by atoms with van der Waals surface area (Å²) in [4.78, 5) is 11.1. The predicted molar refractivity (Wildman–Crippen MR) is 57.6 cm³/mol. The molecule has 0 aliphatic rings. The molecule has 1 amide bonds. The van der Waals surface area contributed by atoms with E-state index < -0.39 is 6.09 Å². The van der Waals surface area contributed by atoms with Gasteiger partial charge in [0, 0.05) is 7.05 Å². The molecule has 0 fully saturated rings. The number of ether oxygens (including phenoxy) is 2. The molecule has 0 radical (unpaired) electrons. The second kappa shape index (κ2) is 4.68. The Morgan fingerprint density at radius 1 is 1.33 bits per heavy atom. The molecule has 4 heteroatoms. The maximum absolute atomic E-state index is 11.1. The number of carbonyl (C=O) groups is 1. The van der Waals surface area contributed by atoms with Crippen molar-refractivity contribution in [1.82, 2.24) is 5.32 Å². The van der Waals surface area contributed by atoms with Gasteiger partial charge in [-0.15, -0.1) is 0 Å². The fraction of sp³-hybridized carbons (Fsp3) is 0.364. The lowest BCUT2D eigenvalue weighted by molar-refractivity contribution is 0.200. The van der Waals surface area contributed by atoms with Crippen LogP contribution in [0.15, 0.2) is 12.1 Å². The number of carbonyl (C=O) groups excluding carboxylic acids is 1. The van der Waals surface area contributed by atoms with E-state index in [4.69, 9.17) is 9.47 Å². The molecule has 0 spiro atoms. The van der Waals surface area contributed by atoms with Crippen molar-refractivity contribution >= 4 is 6.09 Å². The third-order valence-electron chi connectivity index (χ3n) is 2.00. The molecule has 15 heavy (non-hydrogen) atoms. The molecule has 4 nitrogen and oxygen atoms in total. The number of nitrogens with one attached hydrogen (secondary N) is 1. The summed E-state index contributed by atoms with van der Waals surface area (Å²) in [6.45, 7) is 3.84. The molecule has 82 valence electrons. The van der Waals surface area contributed by atoms with Crippen molar-refractivity contribution in [2.45, 2.75) is 13.8 Å². The average Bonchev–Trinajstić information content (AvgIpc) is 2.17. The second-order valence-electron chi connectivity index (χ2n) is 3.25. The van der Waals surface area contributed by atoms with Crippen LogP contribution in [0.1, 0.15) is 11.1 Å². The van der Waals surface area contributed by atoms with Gasteiger partial charge in [-0.2, -0.15) is 0 Å². The van der Waals surface area contributed by atoms with Crippen LogP contribution >= 0.6 is 0 Å². The first-order valence-electron chi connectivity index (χ1n) is 4.63. The average molecular weight is 209 g/mol. The van der Waals surface area contributed by atoms with Crippen LogP contribution in [-0.4, -0.2) is 20.3 Å². The van der Waals surface area contributed by atoms with E-state index in [1.54, 1.807) is 13.2 Å². The fourth-order valence-corrected chi connectivity index (χ4v) is 1.40. The van der Waals surface area contributed by atoms with Crippen molar-refractivity contribution in [2.24, 2.45) is 0 Å². The van der Waals surface area contributed by atoms with Crippen LogP contribution in [0.4, 0.5) is 4.79 Å². The third kappa shape index (κ3) is 2.62. The van der Waals surface area contributed by atoms with E-state index in [2.05, 4.69) is 5.32 Å². The summed E-state index contributed by atoms with van der Waals surface area (Å²) in [6, 6.07) is 3.73. The SMILES string of the molecule is CNC(=O)Oc1cc(C)cc(C)c1OC. The molecule has 0 saturated carbocycles. The number of amides is 1. The highest BCUT2D eigenvalue weighted by Gasteiger charge is 2.11. The highest BCUT2D eigenvalue weighted by molar-refractivity contribution is 5.71. The van der Waals surface area contributed by atoms with Gasteiger partial charge in [0.1, 0.15) is 0 Å². The first kappa shape index (κ1) is 11.4. The van der Waals surface area contributed by atoms with Crippen molar-refractivity contribution in [3.8, 4) is 11.5 Å². The first-order chi connectivity index (χ1) is 7.08. The Labute approximate surface area is 89.2 Å².